The SMILES string of the molecule is CCCNc1cc(SC(C)(C)C)nc(N)n1. The van der Waals surface area contributed by atoms with Crippen LogP contribution in [0.2, 0.25) is 0 Å². The van der Waals surface area contributed by atoms with Gasteiger partial charge in [0.05, 0.1) is 0 Å². The molecule has 1 heterocycles. The highest BCUT2D eigenvalue weighted by Gasteiger charge is 2.14. The van der Waals surface area contributed by atoms with E-state index >= 15 is 0 Å². The Morgan fingerprint density at radius 1 is 1.38 bits per heavy atom. The first-order valence-corrected chi connectivity index (χ1v) is 6.30. The van der Waals surface area contributed by atoms with Crippen LogP contribution in [0.4, 0.5) is 11.8 Å². The summed E-state index contributed by atoms with van der Waals surface area (Å²) in [6, 6.07) is 1.95. The number of aromatic nitrogens is 2. The van der Waals surface area contributed by atoms with Gasteiger partial charge in [-0.25, -0.2) is 4.98 Å². The highest BCUT2D eigenvalue weighted by molar-refractivity contribution is 8.00. The maximum absolute atomic E-state index is 5.67. The Bertz CT molecular complexity index is 346. The number of thioether (sulfide) groups is 1. The molecule has 0 aliphatic rings. The number of nitrogens with one attached hydrogen (secondary N) is 1. The third kappa shape index (κ3) is 4.70. The quantitative estimate of drug-likeness (QED) is 0.626. The topological polar surface area (TPSA) is 63.8 Å². The molecule has 4 nitrogen and oxygen atoms in total. The highest BCUT2D eigenvalue weighted by Crippen LogP contribution is 2.31. The normalized spacial score (nSPS) is 11.5. The van der Waals surface area contributed by atoms with Crippen LogP contribution in [0, 0.1) is 0 Å². The molecule has 0 atom stereocenters. The zero-order valence-corrected chi connectivity index (χ0v) is 11.2. The number of nitrogens with zero attached hydrogens (tertiary/aromatic N) is 2. The van der Waals surface area contributed by atoms with Crippen molar-refractivity contribution < 1.29 is 0 Å². The molecule has 0 aliphatic carbocycles. The van der Waals surface area contributed by atoms with E-state index in [1.54, 1.807) is 11.8 Å². The number of hydrogen-bond acceptors (Lipinski definition) is 5. The standard InChI is InChI=1S/C11H20N4S/c1-5-6-13-8-7-9(15-10(12)14-8)16-11(2,3)4/h7H,5-6H2,1-4H3,(H3,12,13,14,15). The van der Waals surface area contributed by atoms with Crippen LogP contribution in [0.25, 0.3) is 0 Å². The lowest BCUT2D eigenvalue weighted by atomic mass is 10.3. The van der Waals surface area contributed by atoms with E-state index in [2.05, 4.69) is 43.0 Å². The Morgan fingerprint density at radius 3 is 2.62 bits per heavy atom. The minimum absolute atomic E-state index is 0.128. The molecular weight excluding hydrogens is 220 g/mol. The summed E-state index contributed by atoms with van der Waals surface area (Å²) >= 11 is 1.69. The Morgan fingerprint density at radius 2 is 2.06 bits per heavy atom. The predicted molar refractivity (Wildman–Crippen MR) is 70.8 cm³/mol. The molecule has 0 spiro atoms. The molecule has 5 heteroatoms. The fourth-order valence-electron chi connectivity index (χ4n) is 1.15. The van der Waals surface area contributed by atoms with Gasteiger partial charge in [0.2, 0.25) is 5.95 Å². The summed E-state index contributed by atoms with van der Waals surface area (Å²) in [4.78, 5) is 8.36. The van der Waals surface area contributed by atoms with Crippen LogP contribution in [0.5, 0.6) is 0 Å². The Labute approximate surface area is 101 Å². The van der Waals surface area contributed by atoms with Crippen molar-refractivity contribution in [1.82, 2.24) is 9.97 Å². The first-order valence-electron chi connectivity index (χ1n) is 5.48. The summed E-state index contributed by atoms with van der Waals surface area (Å²) in [6.45, 7) is 9.46. The van der Waals surface area contributed by atoms with Gasteiger partial charge >= 0.3 is 0 Å². The van der Waals surface area contributed by atoms with Gasteiger partial charge in [0.25, 0.3) is 0 Å². The van der Waals surface area contributed by atoms with Crippen LogP contribution in [-0.4, -0.2) is 21.3 Å². The minimum atomic E-state index is 0.128. The Balaban J connectivity index is 2.81. The molecule has 1 rings (SSSR count). The highest BCUT2D eigenvalue weighted by atomic mass is 32.2. The number of hydrogen-bond donors (Lipinski definition) is 2. The summed E-state index contributed by atoms with van der Waals surface area (Å²) in [7, 11) is 0. The zero-order valence-electron chi connectivity index (χ0n) is 10.4. The van der Waals surface area contributed by atoms with E-state index in [9.17, 15) is 0 Å². The largest absolute Gasteiger partial charge is 0.370 e. The Kier molecular flexibility index (Phi) is 4.41. The van der Waals surface area contributed by atoms with Gasteiger partial charge in [0.1, 0.15) is 10.8 Å². The van der Waals surface area contributed by atoms with Gasteiger partial charge in [-0.05, 0) is 6.42 Å². The second-order valence-electron chi connectivity index (χ2n) is 4.59. The van der Waals surface area contributed by atoms with Gasteiger partial charge < -0.3 is 11.1 Å². The van der Waals surface area contributed by atoms with Gasteiger partial charge in [-0.2, -0.15) is 4.98 Å². The molecule has 0 saturated heterocycles. The molecule has 0 bridgehead atoms. The zero-order chi connectivity index (χ0) is 12.2. The molecule has 0 amide bonds. The van der Waals surface area contributed by atoms with Crippen molar-refractivity contribution >= 4 is 23.5 Å². The van der Waals surface area contributed by atoms with E-state index in [0.717, 1.165) is 23.8 Å². The summed E-state index contributed by atoms with van der Waals surface area (Å²) in [5.74, 6) is 1.13. The maximum Gasteiger partial charge on any atom is 0.223 e. The summed E-state index contributed by atoms with van der Waals surface area (Å²) in [5, 5.41) is 4.13. The second kappa shape index (κ2) is 5.39. The number of nitrogens with two attached hydrogens (primary N) is 1. The van der Waals surface area contributed by atoms with E-state index < -0.39 is 0 Å². The fourth-order valence-corrected chi connectivity index (χ4v) is 2.09. The van der Waals surface area contributed by atoms with Crippen molar-refractivity contribution in [3.05, 3.63) is 6.07 Å². The maximum atomic E-state index is 5.67. The average molecular weight is 240 g/mol. The van der Waals surface area contributed by atoms with Gasteiger partial charge in [-0.3, -0.25) is 0 Å². The van der Waals surface area contributed by atoms with Crippen molar-refractivity contribution in [3.8, 4) is 0 Å². The monoisotopic (exact) mass is 240 g/mol. The van der Waals surface area contributed by atoms with Crippen LogP contribution in [0.3, 0.4) is 0 Å². The van der Waals surface area contributed by atoms with Gasteiger partial charge in [0, 0.05) is 17.4 Å². The third-order valence-electron chi connectivity index (χ3n) is 1.69. The van der Waals surface area contributed by atoms with Crippen molar-refractivity contribution in [1.29, 1.82) is 0 Å². The molecule has 0 unspecified atom stereocenters. The lowest BCUT2D eigenvalue weighted by molar-refractivity contribution is 0.799. The number of nitrogen functional groups attached to an aromatic ring is 1. The molecule has 16 heavy (non-hydrogen) atoms. The van der Waals surface area contributed by atoms with Gasteiger partial charge in [-0.15, -0.1) is 11.8 Å². The third-order valence-corrected chi connectivity index (χ3v) is 2.72. The molecule has 1 aromatic heterocycles. The molecule has 0 saturated carbocycles. The summed E-state index contributed by atoms with van der Waals surface area (Å²) < 4.78 is 0.128. The Hall–Kier alpha value is -0.970. The lowest BCUT2D eigenvalue weighted by Crippen LogP contribution is -2.10. The lowest BCUT2D eigenvalue weighted by Gasteiger charge is -2.17. The molecule has 0 fully saturated rings. The minimum Gasteiger partial charge on any atom is -0.370 e. The van der Waals surface area contributed by atoms with Crippen LogP contribution in [-0.2, 0) is 0 Å². The molecular formula is C11H20N4S. The van der Waals surface area contributed by atoms with E-state index in [-0.39, 0.29) is 4.75 Å². The summed E-state index contributed by atoms with van der Waals surface area (Å²) in [5.41, 5.74) is 5.67. The van der Waals surface area contributed by atoms with Crippen molar-refractivity contribution in [2.24, 2.45) is 0 Å². The molecule has 0 aliphatic heterocycles. The van der Waals surface area contributed by atoms with Gasteiger partial charge in [-0.1, -0.05) is 27.7 Å². The van der Waals surface area contributed by atoms with Gasteiger partial charge in [0.15, 0.2) is 0 Å². The number of anilines is 2. The van der Waals surface area contributed by atoms with E-state index in [0.29, 0.717) is 5.95 Å². The molecule has 0 radical (unpaired) electrons. The van der Waals surface area contributed by atoms with E-state index in [1.165, 1.54) is 0 Å². The molecule has 90 valence electrons. The molecule has 0 aromatic carbocycles. The average Bonchev–Trinajstić information content (AvgIpc) is 2.10. The van der Waals surface area contributed by atoms with Crippen molar-refractivity contribution in [2.75, 3.05) is 17.6 Å². The summed E-state index contributed by atoms with van der Waals surface area (Å²) in [6.07, 6.45) is 1.06. The molecule has 1 aromatic rings. The van der Waals surface area contributed by atoms with Crippen LogP contribution < -0.4 is 11.1 Å². The first kappa shape index (κ1) is 13.1. The van der Waals surface area contributed by atoms with E-state index in [4.69, 9.17) is 5.73 Å². The molecule has 3 N–H and O–H groups in total. The van der Waals surface area contributed by atoms with Crippen LogP contribution in [0.15, 0.2) is 11.1 Å². The van der Waals surface area contributed by atoms with Crippen LogP contribution >= 0.6 is 11.8 Å². The fraction of sp³-hybridized carbons (Fsp3) is 0.636. The van der Waals surface area contributed by atoms with Crippen molar-refractivity contribution in [2.45, 2.75) is 43.9 Å². The predicted octanol–water partition coefficient (Wildman–Crippen LogP) is 2.77. The van der Waals surface area contributed by atoms with E-state index in [1.807, 2.05) is 6.07 Å². The second-order valence-corrected chi connectivity index (χ2v) is 6.44. The smallest absolute Gasteiger partial charge is 0.223 e. The number of rotatable bonds is 4. The van der Waals surface area contributed by atoms with Crippen molar-refractivity contribution in [3.63, 3.8) is 0 Å². The van der Waals surface area contributed by atoms with Crippen LogP contribution in [0.1, 0.15) is 34.1 Å². The first-order chi connectivity index (χ1) is 7.40.